The minimum atomic E-state index is -0.454. The lowest BCUT2D eigenvalue weighted by Crippen LogP contribution is -2.60. The van der Waals surface area contributed by atoms with Crippen molar-refractivity contribution in [3.63, 3.8) is 0 Å². The minimum absolute atomic E-state index is 0.0827. The summed E-state index contributed by atoms with van der Waals surface area (Å²) in [6, 6.07) is 66.6. The molecule has 0 amide bonds. The monoisotopic (exact) mass is 680 g/mol. The van der Waals surface area contributed by atoms with Crippen molar-refractivity contribution in [1.82, 2.24) is 9.13 Å². The van der Waals surface area contributed by atoms with E-state index in [0.29, 0.717) is 0 Å². The number of benzene rings is 8. The molecule has 14 rings (SSSR count). The zero-order valence-electron chi connectivity index (χ0n) is 29.2. The maximum Gasteiger partial charge on any atom is 0.252 e. The number of aromatic nitrogens is 2. The average Bonchev–Trinajstić information content (AvgIpc) is 3.87. The highest BCUT2D eigenvalue weighted by atomic mass is 15.1. The van der Waals surface area contributed by atoms with Gasteiger partial charge in [-0.1, -0.05) is 170 Å². The van der Waals surface area contributed by atoms with E-state index in [1.165, 1.54) is 116 Å². The van der Waals surface area contributed by atoms with Gasteiger partial charge >= 0.3 is 0 Å². The van der Waals surface area contributed by atoms with Gasteiger partial charge in [0.05, 0.1) is 16.6 Å². The Hall–Kier alpha value is -6.84. The summed E-state index contributed by atoms with van der Waals surface area (Å²) >= 11 is 0. The molecule has 1 aliphatic carbocycles. The summed E-state index contributed by atoms with van der Waals surface area (Å²) < 4.78 is 5.31. The van der Waals surface area contributed by atoms with E-state index < -0.39 is 5.41 Å². The normalized spacial score (nSPS) is 14.4. The van der Waals surface area contributed by atoms with Crippen molar-refractivity contribution in [3.8, 4) is 44.9 Å². The summed E-state index contributed by atoms with van der Waals surface area (Å²) in [7, 11) is 0. The highest BCUT2D eigenvalue weighted by Crippen LogP contribution is 2.61. The van der Waals surface area contributed by atoms with Gasteiger partial charge in [0.1, 0.15) is 0 Å². The summed E-state index contributed by atoms with van der Waals surface area (Å²) in [5.41, 5.74) is 23.6. The van der Waals surface area contributed by atoms with Crippen molar-refractivity contribution in [3.05, 3.63) is 198 Å². The van der Waals surface area contributed by atoms with E-state index in [9.17, 15) is 0 Å². The highest BCUT2D eigenvalue weighted by Gasteiger charge is 2.54. The predicted octanol–water partition coefficient (Wildman–Crippen LogP) is 9.88. The van der Waals surface area contributed by atoms with Crippen molar-refractivity contribution in [2.45, 2.75) is 5.41 Å². The zero-order chi connectivity index (χ0) is 34.9. The standard InChI is InChI=1S/C51H29BN2/c1-3-14-30(15-4-1)44-36-22-13-27-42-49(36)53(46(44)31-16-5-2-6-17-31)43-29-28-40-50-45(43)52(42)41-26-12-21-35-34-20-11-25-39(47(34)54(50)48(35)41)51(40)37-23-9-7-18-32(37)33-19-8-10-24-38(33)51/h1-29H. The average molecular weight is 681 g/mol. The predicted molar refractivity (Wildman–Crippen MR) is 224 cm³/mol. The van der Waals surface area contributed by atoms with E-state index in [1.54, 1.807) is 0 Å². The molecule has 0 N–H and O–H groups in total. The van der Waals surface area contributed by atoms with E-state index in [2.05, 4.69) is 185 Å². The largest absolute Gasteiger partial charge is 0.310 e. The SMILES string of the molecule is c1ccc(-c2c(-c3ccccc3)n3c4c(cccc24)B2c4c-3ccc3c4-n4c5c2cccc5c2cccc(c24)C32c3ccccc3-c3ccccc32)cc1. The van der Waals surface area contributed by atoms with Gasteiger partial charge in [-0.2, -0.15) is 0 Å². The van der Waals surface area contributed by atoms with Crippen LogP contribution in [0.4, 0.5) is 0 Å². The number of para-hydroxylation sites is 3. The molecule has 4 aliphatic rings. The number of fused-ring (bicyclic) bond motifs is 11. The molecule has 5 heterocycles. The van der Waals surface area contributed by atoms with E-state index in [1.807, 2.05) is 0 Å². The Morgan fingerprint density at radius 1 is 0.389 bits per heavy atom. The second kappa shape index (κ2) is 9.39. The smallest absolute Gasteiger partial charge is 0.252 e. The molecule has 2 aromatic heterocycles. The topological polar surface area (TPSA) is 9.86 Å². The van der Waals surface area contributed by atoms with E-state index in [4.69, 9.17) is 0 Å². The van der Waals surface area contributed by atoms with Gasteiger partial charge in [0.15, 0.2) is 0 Å². The molecule has 0 atom stereocenters. The number of rotatable bonds is 2. The first-order valence-corrected chi connectivity index (χ1v) is 19.1. The van der Waals surface area contributed by atoms with Crippen LogP contribution < -0.4 is 16.4 Å². The van der Waals surface area contributed by atoms with Gasteiger partial charge in [0, 0.05) is 44.1 Å². The fourth-order valence-corrected chi connectivity index (χ4v) is 11.6. The van der Waals surface area contributed by atoms with E-state index in [0.717, 1.165) is 0 Å². The van der Waals surface area contributed by atoms with Crippen molar-refractivity contribution >= 4 is 55.8 Å². The molecule has 2 nitrogen and oxygen atoms in total. The summed E-state index contributed by atoms with van der Waals surface area (Å²) in [6.07, 6.45) is 0. The van der Waals surface area contributed by atoms with Crippen LogP contribution in [0.1, 0.15) is 22.3 Å². The van der Waals surface area contributed by atoms with Crippen LogP contribution >= 0.6 is 0 Å². The lowest BCUT2D eigenvalue weighted by atomic mass is 9.33. The van der Waals surface area contributed by atoms with Crippen LogP contribution in [0.2, 0.25) is 0 Å². The lowest BCUT2D eigenvalue weighted by Gasteiger charge is -2.44. The molecule has 0 unspecified atom stereocenters. The Morgan fingerprint density at radius 3 is 1.65 bits per heavy atom. The third-order valence-electron chi connectivity index (χ3n) is 13.3. The number of nitrogens with zero attached hydrogens (tertiary/aromatic N) is 2. The molecule has 8 aromatic carbocycles. The molecule has 0 bridgehead atoms. The molecule has 54 heavy (non-hydrogen) atoms. The van der Waals surface area contributed by atoms with E-state index >= 15 is 0 Å². The highest BCUT2D eigenvalue weighted by molar-refractivity contribution is 7.00. The molecule has 3 heteroatoms. The maximum absolute atomic E-state index is 2.68. The molecule has 0 saturated carbocycles. The summed E-state index contributed by atoms with van der Waals surface area (Å²) in [4.78, 5) is 0. The van der Waals surface area contributed by atoms with Crippen molar-refractivity contribution < 1.29 is 0 Å². The van der Waals surface area contributed by atoms with Crippen LogP contribution in [0.25, 0.3) is 77.6 Å². The number of hydrogen-bond donors (Lipinski definition) is 0. The lowest BCUT2D eigenvalue weighted by molar-refractivity contribution is 0.749. The quantitative estimate of drug-likeness (QED) is 0.161. The Labute approximate surface area is 312 Å². The van der Waals surface area contributed by atoms with Gasteiger partial charge in [-0.25, -0.2) is 0 Å². The summed E-state index contributed by atoms with van der Waals surface area (Å²) in [5.74, 6) is 0. The zero-order valence-corrected chi connectivity index (χ0v) is 29.2. The van der Waals surface area contributed by atoms with Crippen LogP contribution in [0.5, 0.6) is 0 Å². The Kier molecular flexibility index (Phi) is 4.83. The van der Waals surface area contributed by atoms with Crippen LogP contribution in [0.3, 0.4) is 0 Å². The fraction of sp³-hybridized carbons (Fsp3) is 0.0196. The maximum atomic E-state index is 2.68. The van der Waals surface area contributed by atoms with Gasteiger partial charge in [-0.15, -0.1) is 0 Å². The third kappa shape index (κ3) is 2.90. The van der Waals surface area contributed by atoms with Crippen LogP contribution in [-0.2, 0) is 5.41 Å². The summed E-state index contributed by atoms with van der Waals surface area (Å²) in [5, 5.41) is 3.98. The van der Waals surface area contributed by atoms with Crippen LogP contribution in [0, 0.1) is 0 Å². The molecular formula is C51H29BN2. The minimum Gasteiger partial charge on any atom is -0.310 e. The summed E-state index contributed by atoms with van der Waals surface area (Å²) in [6.45, 7) is 0.0827. The first kappa shape index (κ1) is 27.8. The molecule has 0 radical (unpaired) electrons. The van der Waals surface area contributed by atoms with Gasteiger partial charge in [0.2, 0.25) is 0 Å². The molecule has 3 aliphatic heterocycles. The molecule has 10 aromatic rings. The second-order valence-corrected chi connectivity index (χ2v) is 15.5. The fourth-order valence-electron chi connectivity index (χ4n) is 11.6. The van der Waals surface area contributed by atoms with E-state index in [-0.39, 0.29) is 6.71 Å². The molecule has 0 fully saturated rings. The number of hydrogen-bond acceptors (Lipinski definition) is 0. The molecule has 0 saturated heterocycles. The Balaban J connectivity index is 1.24. The van der Waals surface area contributed by atoms with Gasteiger partial charge < -0.3 is 9.13 Å². The first-order valence-electron chi connectivity index (χ1n) is 19.1. The second-order valence-electron chi connectivity index (χ2n) is 15.5. The molecule has 1 spiro atoms. The first-order chi connectivity index (χ1) is 26.9. The van der Waals surface area contributed by atoms with Crippen LogP contribution in [0.15, 0.2) is 176 Å². The van der Waals surface area contributed by atoms with Gasteiger partial charge in [0.25, 0.3) is 6.71 Å². The molecular weight excluding hydrogens is 651 g/mol. The Morgan fingerprint density at radius 2 is 0.944 bits per heavy atom. The van der Waals surface area contributed by atoms with Crippen LogP contribution in [-0.4, -0.2) is 15.8 Å². The van der Waals surface area contributed by atoms with Crippen molar-refractivity contribution in [2.24, 2.45) is 0 Å². The Bertz CT molecular complexity index is 3280. The van der Waals surface area contributed by atoms with Gasteiger partial charge in [-0.3, -0.25) is 0 Å². The third-order valence-corrected chi connectivity index (χ3v) is 13.3. The van der Waals surface area contributed by atoms with Gasteiger partial charge in [-0.05, 0) is 67.0 Å². The van der Waals surface area contributed by atoms with Crippen molar-refractivity contribution in [1.29, 1.82) is 0 Å². The molecule has 246 valence electrons. The van der Waals surface area contributed by atoms with Crippen molar-refractivity contribution in [2.75, 3.05) is 0 Å².